The van der Waals surface area contributed by atoms with Crippen LogP contribution in [0.1, 0.15) is 0 Å². The fraction of sp³-hybridized carbons (Fsp3) is 0. The van der Waals surface area contributed by atoms with E-state index < -0.39 is 0 Å². The lowest BCUT2D eigenvalue weighted by molar-refractivity contribution is 0.670. The van der Waals surface area contributed by atoms with Crippen molar-refractivity contribution in [2.45, 2.75) is 0 Å². The lowest BCUT2D eigenvalue weighted by atomic mass is 9.90. The number of nitrogens with zero attached hydrogens (tertiary/aromatic N) is 1. The van der Waals surface area contributed by atoms with Gasteiger partial charge in [0.1, 0.15) is 11.2 Å². The van der Waals surface area contributed by atoms with E-state index in [4.69, 9.17) is 4.42 Å². The van der Waals surface area contributed by atoms with Crippen LogP contribution in [0.4, 0.5) is 17.1 Å². The molecular weight excluding hydrogens is 775 g/mol. The van der Waals surface area contributed by atoms with Crippen LogP contribution in [0, 0.1) is 0 Å². The molecule has 1 aromatic heterocycles. The first-order chi connectivity index (χ1) is 31.7. The second-order valence-corrected chi connectivity index (χ2v) is 16.4. The van der Waals surface area contributed by atoms with Gasteiger partial charge in [0.2, 0.25) is 0 Å². The highest BCUT2D eigenvalue weighted by molar-refractivity contribution is 6.11. The Morgan fingerprint density at radius 2 is 0.688 bits per heavy atom. The average Bonchev–Trinajstić information content (AvgIpc) is 3.76. The Labute approximate surface area is 372 Å². The predicted molar refractivity (Wildman–Crippen MR) is 271 cm³/mol. The minimum atomic E-state index is 0.896. The van der Waals surface area contributed by atoms with E-state index in [9.17, 15) is 0 Å². The molecule has 11 aromatic carbocycles. The van der Waals surface area contributed by atoms with Gasteiger partial charge in [-0.15, -0.1) is 0 Å². The Balaban J connectivity index is 0.980. The van der Waals surface area contributed by atoms with Gasteiger partial charge in [0, 0.05) is 33.4 Å². The molecule has 0 bridgehead atoms. The van der Waals surface area contributed by atoms with Crippen LogP contribution in [0.3, 0.4) is 0 Å². The summed E-state index contributed by atoms with van der Waals surface area (Å²) >= 11 is 0. The molecule has 0 saturated carbocycles. The summed E-state index contributed by atoms with van der Waals surface area (Å²) in [6, 6.07) is 89.6. The summed E-state index contributed by atoms with van der Waals surface area (Å²) in [5, 5.41) is 7.23. The molecule has 0 amide bonds. The smallest absolute Gasteiger partial charge is 0.143 e. The summed E-state index contributed by atoms with van der Waals surface area (Å²) in [5.41, 5.74) is 16.7. The third kappa shape index (κ3) is 6.61. The monoisotopic (exact) mass is 815 g/mol. The Bertz CT molecular complexity index is 3510. The second kappa shape index (κ2) is 15.8. The number of fused-ring (bicyclic) bond motifs is 5. The maximum atomic E-state index is 6.60. The largest absolute Gasteiger partial charge is 0.455 e. The fourth-order valence-corrected chi connectivity index (χ4v) is 9.56. The number of furan rings is 1. The van der Waals surface area contributed by atoms with E-state index in [-0.39, 0.29) is 0 Å². The molecule has 64 heavy (non-hydrogen) atoms. The van der Waals surface area contributed by atoms with E-state index in [1.165, 1.54) is 54.9 Å². The molecule has 0 aliphatic heterocycles. The topological polar surface area (TPSA) is 16.4 Å². The van der Waals surface area contributed by atoms with Crippen LogP contribution in [0.25, 0.3) is 99.1 Å². The first kappa shape index (κ1) is 37.3. The molecule has 0 saturated heterocycles. The number of anilines is 3. The first-order valence-corrected chi connectivity index (χ1v) is 21.9. The molecule has 12 rings (SSSR count). The molecule has 0 N–H and O–H groups in total. The van der Waals surface area contributed by atoms with Crippen LogP contribution in [-0.2, 0) is 0 Å². The third-order valence-corrected chi connectivity index (χ3v) is 12.7. The molecule has 1 heterocycles. The molecule has 0 spiro atoms. The van der Waals surface area contributed by atoms with Gasteiger partial charge in [-0.3, -0.25) is 0 Å². The molecule has 2 heteroatoms. The Morgan fingerprint density at radius 1 is 0.250 bits per heavy atom. The zero-order chi connectivity index (χ0) is 42.4. The standard InChI is InChI=1S/C62H41NO/c1-2-13-42(14-3-1)48-33-40-56(58-24-12-25-59-57-21-8-9-26-61(57)64-62(58)59)60(41-48)47-31-38-51(39-32-47)63(49-34-27-45(28-35-49)54-22-10-17-43-15-4-6-19-52(43)54)50-36-29-46(30-37-50)55-23-11-18-44-16-5-7-20-53(44)55/h1-41H. The number of hydrogen-bond donors (Lipinski definition) is 0. The van der Waals surface area contributed by atoms with E-state index in [0.29, 0.717) is 0 Å². The predicted octanol–water partition coefficient (Wildman–Crippen LogP) is 17.7. The minimum absolute atomic E-state index is 0.896. The molecule has 0 radical (unpaired) electrons. The highest BCUT2D eigenvalue weighted by Crippen LogP contribution is 2.44. The van der Waals surface area contributed by atoms with Gasteiger partial charge < -0.3 is 9.32 Å². The van der Waals surface area contributed by atoms with Gasteiger partial charge in [0.05, 0.1) is 0 Å². The van der Waals surface area contributed by atoms with Crippen molar-refractivity contribution in [3.05, 3.63) is 249 Å². The van der Waals surface area contributed by atoms with Crippen LogP contribution >= 0.6 is 0 Å². The van der Waals surface area contributed by atoms with Gasteiger partial charge in [0.15, 0.2) is 0 Å². The number of benzene rings is 11. The Kier molecular flexibility index (Phi) is 9.20. The van der Waals surface area contributed by atoms with E-state index in [1.54, 1.807) is 0 Å². The van der Waals surface area contributed by atoms with Gasteiger partial charge >= 0.3 is 0 Å². The van der Waals surface area contributed by atoms with E-state index in [2.05, 4.69) is 248 Å². The van der Waals surface area contributed by atoms with Crippen molar-refractivity contribution in [3.63, 3.8) is 0 Å². The summed E-state index contributed by atoms with van der Waals surface area (Å²) in [7, 11) is 0. The van der Waals surface area contributed by atoms with E-state index in [0.717, 1.165) is 61.3 Å². The molecule has 12 aromatic rings. The van der Waals surface area contributed by atoms with Gasteiger partial charge in [0.25, 0.3) is 0 Å². The van der Waals surface area contributed by atoms with E-state index >= 15 is 0 Å². The molecule has 2 nitrogen and oxygen atoms in total. The summed E-state index contributed by atoms with van der Waals surface area (Å²) in [6.07, 6.45) is 0. The molecule has 0 aliphatic carbocycles. The highest BCUT2D eigenvalue weighted by Gasteiger charge is 2.19. The van der Waals surface area contributed by atoms with E-state index in [1.807, 2.05) is 6.07 Å². The lowest BCUT2D eigenvalue weighted by Gasteiger charge is -2.26. The quantitative estimate of drug-likeness (QED) is 0.152. The molecule has 0 atom stereocenters. The molecule has 0 unspecified atom stereocenters. The second-order valence-electron chi connectivity index (χ2n) is 16.4. The summed E-state index contributed by atoms with van der Waals surface area (Å²) in [4.78, 5) is 2.36. The minimum Gasteiger partial charge on any atom is -0.455 e. The van der Waals surface area contributed by atoms with Crippen LogP contribution in [0.2, 0.25) is 0 Å². The van der Waals surface area contributed by atoms with Crippen molar-refractivity contribution in [1.82, 2.24) is 0 Å². The van der Waals surface area contributed by atoms with Crippen molar-refractivity contribution in [1.29, 1.82) is 0 Å². The number of para-hydroxylation sites is 2. The SMILES string of the molecule is c1ccc(-c2ccc(-c3cccc4c3oc3ccccc34)c(-c3ccc(N(c4ccc(-c5cccc6ccccc56)cc4)c4ccc(-c5cccc6ccccc56)cc4)cc3)c2)cc1. The summed E-state index contributed by atoms with van der Waals surface area (Å²) in [6.45, 7) is 0. The van der Waals surface area contributed by atoms with Crippen molar-refractivity contribution in [2.75, 3.05) is 4.90 Å². The summed E-state index contributed by atoms with van der Waals surface area (Å²) in [5.74, 6) is 0. The highest BCUT2D eigenvalue weighted by atomic mass is 16.3. The van der Waals surface area contributed by atoms with Crippen molar-refractivity contribution in [3.8, 4) is 55.6 Å². The average molecular weight is 816 g/mol. The maximum absolute atomic E-state index is 6.60. The molecular formula is C62H41NO. The normalized spacial score (nSPS) is 11.4. The molecule has 0 fully saturated rings. The van der Waals surface area contributed by atoms with Crippen molar-refractivity contribution in [2.24, 2.45) is 0 Å². The van der Waals surface area contributed by atoms with Gasteiger partial charge in [-0.2, -0.15) is 0 Å². The number of hydrogen-bond acceptors (Lipinski definition) is 2. The van der Waals surface area contributed by atoms with Crippen LogP contribution < -0.4 is 4.90 Å². The van der Waals surface area contributed by atoms with Crippen molar-refractivity contribution >= 4 is 60.5 Å². The zero-order valence-corrected chi connectivity index (χ0v) is 35.0. The van der Waals surface area contributed by atoms with Crippen LogP contribution in [0.5, 0.6) is 0 Å². The van der Waals surface area contributed by atoms with Gasteiger partial charge in [-0.05, 0) is 120 Å². The van der Waals surface area contributed by atoms with Crippen LogP contribution in [-0.4, -0.2) is 0 Å². The van der Waals surface area contributed by atoms with Crippen molar-refractivity contribution < 1.29 is 4.42 Å². The maximum Gasteiger partial charge on any atom is 0.143 e. The Morgan fingerprint density at radius 3 is 1.28 bits per heavy atom. The van der Waals surface area contributed by atoms with Gasteiger partial charge in [-0.25, -0.2) is 0 Å². The number of rotatable bonds is 8. The van der Waals surface area contributed by atoms with Gasteiger partial charge in [-0.1, -0.05) is 200 Å². The molecule has 300 valence electrons. The fourth-order valence-electron chi connectivity index (χ4n) is 9.56. The summed E-state index contributed by atoms with van der Waals surface area (Å²) < 4.78 is 6.60. The van der Waals surface area contributed by atoms with Crippen LogP contribution in [0.15, 0.2) is 253 Å². The molecule has 0 aliphatic rings. The lowest BCUT2D eigenvalue weighted by Crippen LogP contribution is -2.09. The third-order valence-electron chi connectivity index (χ3n) is 12.7. The zero-order valence-electron chi connectivity index (χ0n) is 35.0. The Hall–Kier alpha value is -8.46. The first-order valence-electron chi connectivity index (χ1n) is 21.9.